The molecule has 0 radical (unpaired) electrons. The van der Waals surface area contributed by atoms with Crippen molar-refractivity contribution in [2.45, 2.75) is 50.7 Å². The Morgan fingerprint density at radius 1 is 1.27 bits per heavy atom. The van der Waals surface area contributed by atoms with Crippen LogP contribution < -0.4 is 5.32 Å². The second-order valence-corrected chi connectivity index (χ2v) is 10.2. The number of allylic oxidation sites excluding steroid dienone is 1. The first-order valence-electron chi connectivity index (χ1n) is 10.8. The Balaban J connectivity index is 1.40. The second kappa shape index (κ2) is 11.1. The number of carbonyl (C=O) groups is 2. The third-order valence-corrected chi connectivity index (χ3v) is 7.95. The molecule has 0 aromatic carbocycles. The van der Waals surface area contributed by atoms with Gasteiger partial charge >= 0.3 is 5.97 Å². The van der Waals surface area contributed by atoms with Crippen molar-refractivity contribution < 1.29 is 14.3 Å². The number of esters is 1. The van der Waals surface area contributed by atoms with Crippen LogP contribution in [0.4, 0.5) is 5.13 Å². The van der Waals surface area contributed by atoms with Crippen LogP contribution in [-0.4, -0.2) is 44.0 Å². The first kappa shape index (κ1) is 23.7. The van der Waals surface area contributed by atoms with Gasteiger partial charge in [-0.2, -0.15) is 0 Å². The third-order valence-electron chi connectivity index (χ3n) is 5.09. The summed E-state index contributed by atoms with van der Waals surface area (Å²) >= 11 is 4.41. The lowest BCUT2D eigenvalue weighted by molar-refractivity contribution is -0.142. The number of thiophene rings is 1. The fraction of sp³-hybridized carbons (Fsp3) is 0.409. The van der Waals surface area contributed by atoms with Crippen LogP contribution in [0.25, 0.3) is 11.4 Å². The number of nitrogens with one attached hydrogen (secondary N) is 1. The van der Waals surface area contributed by atoms with Crippen LogP contribution in [0.1, 0.15) is 35.9 Å². The van der Waals surface area contributed by atoms with Crippen molar-refractivity contribution in [3.8, 4) is 11.4 Å². The van der Waals surface area contributed by atoms with Gasteiger partial charge in [0.05, 0.1) is 24.5 Å². The number of amides is 1. The molecule has 0 spiro atoms. The number of ether oxygens (including phenoxy) is 1. The molecule has 0 aliphatic heterocycles. The van der Waals surface area contributed by atoms with E-state index in [0.29, 0.717) is 29.1 Å². The Hall–Kier alpha value is -2.50. The van der Waals surface area contributed by atoms with Gasteiger partial charge in [0.2, 0.25) is 5.91 Å². The smallest absolute Gasteiger partial charge is 0.311 e. The van der Waals surface area contributed by atoms with Crippen molar-refractivity contribution >= 4 is 51.4 Å². The summed E-state index contributed by atoms with van der Waals surface area (Å²) in [7, 11) is 0. The van der Waals surface area contributed by atoms with Gasteiger partial charge in [-0.25, -0.2) is 4.98 Å². The number of thioether (sulfide) groups is 1. The molecular formula is C22H25N5O3S3. The van der Waals surface area contributed by atoms with E-state index in [1.165, 1.54) is 46.4 Å². The van der Waals surface area contributed by atoms with E-state index in [1.807, 2.05) is 10.6 Å². The number of rotatable bonds is 10. The molecule has 3 aromatic heterocycles. The molecule has 0 saturated heterocycles. The molecule has 4 rings (SSSR count). The summed E-state index contributed by atoms with van der Waals surface area (Å²) < 4.78 is 6.94. The fourth-order valence-corrected chi connectivity index (χ4v) is 6.26. The lowest BCUT2D eigenvalue weighted by Gasteiger charge is -2.13. The monoisotopic (exact) mass is 503 g/mol. The van der Waals surface area contributed by atoms with E-state index in [-0.39, 0.29) is 24.1 Å². The number of thiazole rings is 1. The van der Waals surface area contributed by atoms with E-state index in [9.17, 15) is 9.59 Å². The van der Waals surface area contributed by atoms with Crippen molar-refractivity contribution in [3.63, 3.8) is 0 Å². The average molecular weight is 504 g/mol. The van der Waals surface area contributed by atoms with Gasteiger partial charge in [-0.05, 0) is 38.2 Å². The quantitative estimate of drug-likeness (QED) is 0.249. The molecule has 3 heterocycles. The summed E-state index contributed by atoms with van der Waals surface area (Å²) in [4.78, 5) is 29.8. The van der Waals surface area contributed by atoms with E-state index in [1.54, 1.807) is 23.6 Å². The van der Waals surface area contributed by atoms with Crippen molar-refractivity contribution in [3.05, 3.63) is 39.5 Å². The second-order valence-electron chi connectivity index (χ2n) is 7.43. The first-order valence-corrected chi connectivity index (χ1v) is 13.5. The maximum atomic E-state index is 12.5. The van der Waals surface area contributed by atoms with E-state index < -0.39 is 0 Å². The molecule has 3 aromatic rings. The van der Waals surface area contributed by atoms with E-state index >= 15 is 0 Å². The Morgan fingerprint density at radius 3 is 2.94 bits per heavy atom. The first-order chi connectivity index (χ1) is 16.1. The van der Waals surface area contributed by atoms with Crippen LogP contribution in [0, 0.1) is 0 Å². The molecule has 174 valence electrons. The van der Waals surface area contributed by atoms with Crippen molar-refractivity contribution in [2.75, 3.05) is 17.7 Å². The average Bonchev–Trinajstić information content (AvgIpc) is 3.51. The van der Waals surface area contributed by atoms with Crippen LogP contribution in [0.5, 0.6) is 0 Å². The number of anilines is 1. The standard InChI is InChI=1S/C22H25N5O3S3/c1-3-9-27-20(16-12-31-17-8-6-5-7-15(16)17)25-26-22(27)33-13-18(28)24-21-23-14(11-32-21)10-19(29)30-4-2/h3,11-12H,1,4-10,13H2,2H3,(H,23,24,28). The van der Waals surface area contributed by atoms with E-state index in [2.05, 4.69) is 32.5 Å². The van der Waals surface area contributed by atoms with Gasteiger partial charge in [-0.15, -0.1) is 39.4 Å². The zero-order valence-corrected chi connectivity index (χ0v) is 20.8. The van der Waals surface area contributed by atoms with Crippen molar-refractivity contribution in [1.82, 2.24) is 19.7 Å². The van der Waals surface area contributed by atoms with E-state index in [4.69, 9.17) is 4.74 Å². The molecule has 1 aliphatic carbocycles. The molecule has 0 unspecified atom stereocenters. The van der Waals surface area contributed by atoms with Gasteiger partial charge in [-0.1, -0.05) is 17.8 Å². The van der Waals surface area contributed by atoms with Crippen molar-refractivity contribution in [1.29, 1.82) is 0 Å². The summed E-state index contributed by atoms with van der Waals surface area (Å²) in [6, 6.07) is 0. The molecule has 0 atom stereocenters. The Morgan fingerprint density at radius 2 is 2.12 bits per heavy atom. The number of carbonyl (C=O) groups excluding carboxylic acids is 2. The highest BCUT2D eigenvalue weighted by molar-refractivity contribution is 7.99. The molecule has 33 heavy (non-hydrogen) atoms. The number of fused-ring (bicyclic) bond motifs is 1. The van der Waals surface area contributed by atoms with Gasteiger partial charge in [-0.3, -0.25) is 14.2 Å². The van der Waals surface area contributed by atoms with E-state index in [0.717, 1.165) is 24.2 Å². The zero-order chi connectivity index (χ0) is 23.2. The number of hydrogen-bond donors (Lipinski definition) is 1. The maximum absolute atomic E-state index is 12.5. The zero-order valence-electron chi connectivity index (χ0n) is 18.3. The number of nitrogens with zero attached hydrogens (tertiary/aromatic N) is 4. The molecule has 0 saturated carbocycles. The third kappa shape index (κ3) is 5.71. The summed E-state index contributed by atoms with van der Waals surface area (Å²) in [6.45, 7) is 6.53. The van der Waals surface area contributed by atoms with Crippen LogP contribution in [0.2, 0.25) is 0 Å². The molecule has 0 bridgehead atoms. The molecule has 1 aliphatic rings. The molecule has 8 nitrogen and oxygen atoms in total. The molecule has 1 N–H and O–H groups in total. The highest BCUT2D eigenvalue weighted by atomic mass is 32.2. The van der Waals surface area contributed by atoms with Crippen LogP contribution >= 0.6 is 34.4 Å². The minimum atomic E-state index is -0.333. The Kier molecular flexibility index (Phi) is 7.94. The maximum Gasteiger partial charge on any atom is 0.311 e. The van der Waals surface area contributed by atoms with Crippen LogP contribution in [0.15, 0.2) is 28.6 Å². The minimum Gasteiger partial charge on any atom is -0.466 e. The number of aryl methyl sites for hydroxylation is 1. The van der Waals surface area contributed by atoms with Crippen LogP contribution in [0.3, 0.4) is 0 Å². The van der Waals surface area contributed by atoms with Gasteiger partial charge in [0.1, 0.15) is 0 Å². The molecular weight excluding hydrogens is 478 g/mol. The highest BCUT2D eigenvalue weighted by Gasteiger charge is 2.22. The van der Waals surface area contributed by atoms with Gasteiger partial charge in [0.25, 0.3) is 0 Å². The summed E-state index contributed by atoms with van der Waals surface area (Å²) in [5, 5.41) is 16.7. The number of aromatic nitrogens is 4. The molecule has 11 heteroatoms. The lowest BCUT2D eigenvalue weighted by Crippen LogP contribution is -2.15. The summed E-state index contributed by atoms with van der Waals surface area (Å²) in [5.41, 5.74) is 3.12. The molecule has 1 amide bonds. The Bertz CT molecular complexity index is 1150. The summed E-state index contributed by atoms with van der Waals surface area (Å²) in [5.74, 6) is 0.477. The predicted molar refractivity (Wildman–Crippen MR) is 132 cm³/mol. The fourth-order valence-electron chi connectivity index (χ4n) is 3.66. The number of hydrogen-bond acceptors (Lipinski definition) is 9. The topological polar surface area (TPSA) is 99.0 Å². The Labute approximate surface area is 204 Å². The van der Waals surface area contributed by atoms with Gasteiger partial charge in [0.15, 0.2) is 16.1 Å². The van der Waals surface area contributed by atoms with Gasteiger partial charge in [0, 0.05) is 27.7 Å². The SMILES string of the molecule is C=CCn1c(SCC(=O)Nc2nc(CC(=O)OCC)cs2)nnc1-c1csc2c1CCCC2. The predicted octanol–water partition coefficient (Wildman–Crippen LogP) is 4.36. The lowest BCUT2D eigenvalue weighted by atomic mass is 9.95. The highest BCUT2D eigenvalue weighted by Crippen LogP contribution is 2.36. The van der Waals surface area contributed by atoms with Crippen molar-refractivity contribution in [2.24, 2.45) is 0 Å². The normalized spacial score (nSPS) is 12.9. The molecule has 0 fully saturated rings. The summed E-state index contributed by atoms with van der Waals surface area (Å²) in [6.07, 6.45) is 6.56. The minimum absolute atomic E-state index is 0.0919. The van der Waals surface area contributed by atoms with Gasteiger partial charge < -0.3 is 10.1 Å². The van der Waals surface area contributed by atoms with Crippen LogP contribution in [-0.2, 0) is 40.1 Å². The largest absolute Gasteiger partial charge is 0.466 e.